The fourth-order valence-electron chi connectivity index (χ4n) is 2.88. The Morgan fingerprint density at radius 1 is 1.20 bits per heavy atom. The lowest BCUT2D eigenvalue weighted by Crippen LogP contribution is -2.38. The average molecular weight is 338 g/mol. The van der Waals surface area contributed by atoms with E-state index in [0.29, 0.717) is 19.6 Å². The standard InChI is InChI=1S/C20H22N2O3/c1-2-25-16-9-7-14(8-10-16)12-21-19(20(23)24)11-15-13-22-18-6-4-3-5-17(15)18/h3-10,13,19,21-22H,2,11-12H2,1H3,(H,23,24)/t19-/m0/s1. The quantitative estimate of drug-likeness (QED) is 0.589. The van der Waals surface area contributed by atoms with Crippen molar-refractivity contribution in [2.24, 2.45) is 0 Å². The summed E-state index contributed by atoms with van der Waals surface area (Å²) in [7, 11) is 0. The summed E-state index contributed by atoms with van der Waals surface area (Å²) in [5.41, 5.74) is 3.05. The Bertz CT molecular complexity index is 840. The van der Waals surface area contributed by atoms with Gasteiger partial charge < -0.3 is 20.1 Å². The van der Waals surface area contributed by atoms with Gasteiger partial charge in [-0.1, -0.05) is 30.3 Å². The van der Waals surface area contributed by atoms with Crippen molar-refractivity contribution in [3.63, 3.8) is 0 Å². The molecule has 1 atom stereocenters. The van der Waals surface area contributed by atoms with Crippen LogP contribution in [0.5, 0.6) is 5.75 Å². The number of fused-ring (bicyclic) bond motifs is 1. The van der Waals surface area contributed by atoms with Gasteiger partial charge in [0.05, 0.1) is 6.61 Å². The van der Waals surface area contributed by atoms with E-state index in [1.807, 2.05) is 61.7 Å². The monoisotopic (exact) mass is 338 g/mol. The van der Waals surface area contributed by atoms with Crippen LogP contribution in [0, 0.1) is 0 Å². The molecular weight excluding hydrogens is 316 g/mol. The average Bonchev–Trinajstić information content (AvgIpc) is 3.03. The minimum Gasteiger partial charge on any atom is -0.494 e. The van der Waals surface area contributed by atoms with E-state index in [9.17, 15) is 9.90 Å². The Kier molecular flexibility index (Phi) is 5.36. The van der Waals surface area contributed by atoms with Gasteiger partial charge >= 0.3 is 5.97 Å². The second-order valence-electron chi connectivity index (χ2n) is 5.91. The first-order valence-corrected chi connectivity index (χ1v) is 8.40. The summed E-state index contributed by atoms with van der Waals surface area (Å²) in [6.07, 6.45) is 2.32. The molecule has 3 aromatic rings. The summed E-state index contributed by atoms with van der Waals surface area (Å²) < 4.78 is 5.42. The van der Waals surface area contributed by atoms with Crippen LogP contribution in [0.25, 0.3) is 10.9 Å². The van der Waals surface area contributed by atoms with Crippen LogP contribution in [0.3, 0.4) is 0 Å². The fraction of sp³-hybridized carbons (Fsp3) is 0.250. The first kappa shape index (κ1) is 17.0. The maximum Gasteiger partial charge on any atom is 0.321 e. The number of aromatic nitrogens is 1. The number of benzene rings is 2. The molecule has 1 aromatic heterocycles. The lowest BCUT2D eigenvalue weighted by molar-refractivity contribution is -0.139. The first-order chi connectivity index (χ1) is 12.2. The van der Waals surface area contributed by atoms with E-state index in [1.54, 1.807) is 0 Å². The molecule has 0 amide bonds. The summed E-state index contributed by atoms with van der Waals surface area (Å²) >= 11 is 0. The molecule has 0 saturated heterocycles. The Balaban J connectivity index is 1.66. The highest BCUT2D eigenvalue weighted by Gasteiger charge is 2.19. The normalized spacial score (nSPS) is 12.2. The van der Waals surface area contributed by atoms with Gasteiger partial charge in [0.25, 0.3) is 0 Å². The number of ether oxygens (including phenoxy) is 1. The van der Waals surface area contributed by atoms with Gasteiger partial charge in [0.15, 0.2) is 0 Å². The predicted octanol–water partition coefficient (Wildman–Crippen LogP) is 3.35. The molecule has 130 valence electrons. The van der Waals surface area contributed by atoms with Crippen LogP contribution in [0.1, 0.15) is 18.1 Å². The summed E-state index contributed by atoms with van der Waals surface area (Å²) in [6.45, 7) is 3.06. The number of carboxylic acid groups (broad SMARTS) is 1. The van der Waals surface area contributed by atoms with E-state index in [2.05, 4.69) is 10.3 Å². The number of aromatic amines is 1. The van der Waals surface area contributed by atoms with E-state index in [1.165, 1.54) is 0 Å². The third kappa shape index (κ3) is 4.19. The van der Waals surface area contributed by atoms with Crippen LogP contribution >= 0.6 is 0 Å². The van der Waals surface area contributed by atoms with Crippen molar-refractivity contribution in [1.29, 1.82) is 0 Å². The molecule has 0 bridgehead atoms. The molecule has 0 aliphatic heterocycles. The van der Waals surface area contributed by atoms with Crippen molar-refractivity contribution < 1.29 is 14.6 Å². The SMILES string of the molecule is CCOc1ccc(CN[C@@H](Cc2c[nH]c3ccccc23)C(=O)O)cc1. The van der Waals surface area contributed by atoms with Crippen molar-refractivity contribution >= 4 is 16.9 Å². The Hall–Kier alpha value is -2.79. The molecule has 25 heavy (non-hydrogen) atoms. The van der Waals surface area contributed by atoms with Gasteiger partial charge in [0.2, 0.25) is 0 Å². The summed E-state index contributed by atoms with van der Waals surface area (Å²) in [5.74, 6) is -0.0314. The number of carboxylic acids is 1. The Labute approximate surface area is 146 Å². The van der Waals surface area contributed by atoms with Crippen LogP contribution in [0.2, 0.25) is 0 Å². The maximum absolute atomic E-state index is 11.6. The second-order valence-corrected chi connectivity index (χ2v) is 5.91. The van der Waals surface area contributed by atoms with E-state index in [-0.39, 0.29) is 0 Å². The molecule has 5 nitrogen and oxygen atoms in total. The topological polar surface area (TPSA) is 74.3 Å². The summed E-state index contributed by atoms with van der Waals surface area (Å²) in [5, 5.41) is 13.7. The maximum atomic E-state index is 11.6. The second kappa shape index (κ2) is 7.85. The third-order valence-corrected chi connectivity index (χ3v) is 4.18. The number of carbonyl (C=O) groups is 1. The highest BCUT2D eigenvalue weighted by atomic mass is 16.5. The number of H-pyrrole nitrogens is 1. The van der Waals surface area contributed by atoms with Crippen molar-refractivity contribution in [2.45, 2.75) is 25.9 Å². The van der Waals surface area contributed by atoms with Gasteiger partial charge in [0, 0.05) is 30.1 Å². The molecule has 0 aliphatic carbocycles. The molecular formula is C20H22N2O3. The van der Waals surface area contributed by atoms with Gasteiger partial charge in [-0.15, -0.1) is 0 Å². The number of para-hydroxylation sites is 1. The minimum atomic E-state index is -0.851. The van der Waals surface area contributed by atoms with Gasteiger partial charge in [-0.2, -0.15) is 0 Å². The highest BCUT2D eigenvalue weighted by molar-refractivity contribution is 5.84. The van der Waals surface area contributed by atoms with Gasteiger partial charge in [-0.3, -0.25) is 4.79 Å². The zero-order valence-electron chi connectivity index (χ0n) is 14.2. The summed E-state index contributed by atoms with van der Waals surface area (Å²) in [4.78, 5) is 14.8. The number of nitrogens with one attached hydrogen (secondary N) is 2. The Morgan fingerprint density at radius 2 is 1.96 bits per heavy atom. The molecule has 2 aromatic carbocycles. The van der Waals surface area contributed by atoms with Gasteiger partial charge in [-0.05, 0) is 36.2 Å². The highest BCUT2D eigenvalue weighted by Crippen LogP contribution is 2.19. The van der Waals surface area contributed by atoms with Gasteiger partial charge in [0.1, 0.15) is 11.8 Å². The molecule has 0 spiro atoms. The molecule has 0 radical (unpaired) electrons. The molecule has 0 fully saturated rings. The molecule has 3 N–H and O–H groups in total. The van der Waals surface area contributed by atoms with Crippen molar-refractivity contribution in [3.8, 4) is 5.75 Å². The van der Waals surface area contributed by atoms with Crippen LogP contribution in [0.4, 0.5) is 0 Å². The molecule has 5 heteroatoms. The molecule has 0 saturated carbocycles. The van der Waals surface area contributed by atoms with E-state index in [4.69, 9.17) is 4.74 Å². The molecule has 0 aliphatic rings. The minimum absolute atomic E-state index is 0.427. The lowest BCUT2D eigenvalue weighted by atomic mass is 10.0. The summed E-state index contributed by atoms with van der Waals surface area (Å²) in [6, 6.07) is 15.0. The first-order valence-electron chi connectivity index (χ1n) is 8.40. The van der Waals surface area contributed by atoms with Crippen LogP contribution in [0.15, 0.2) is 54.7 Å². The number of hydrogen-bond donors (Lipinski definition) is 3. The Morgan fingerprint density at radius 3 is 2.68 bits per heavy atom. The van der Waals surface area contributed by atoms with Crippen molar-refractivity contribution in [2.75, 3.05) is 6.61 Å². The molecule has 0 unspecified atom stereocenters. The largest absolute Gasteiger partial charge is 0.494 e. The number of rotatable bonds is 8. The molecule has 1 heterocycles. The van der Waals surface area contributed by atoms with Gasteiger partial charge in [-0.25, -0.2) is 0 Å². The van der Waals surface area contributed by atoms with Crippen molar-refractivity contribution in [3.05, 3.63) is 65.9 Å². The fourth-order valence-corrected chi connectivity index (χ4v) is 2.88. The van der Waals surface area contributed by atoms with Crippen LogP contribution in [-0.2, 0) is 17.8 Å². The van der Waals surface area contributed by atoms with E-state index in [0.717, 1.165) is 27.8 Å². The van der Waals surface area contributed by atoms with Crippen LogP contribution in [-0.4, -0.2) is 28.7 Å². The lowest BCUT2D eigenvalue weighted by Gasteiger charge is -2.14. The van der Waals surface area contributed by atoms with Crippen molar-refractivity contribution in [1.82, 2.24) is 10.3 Å². The predicted molar refractivity (Wildman–Crippen MR) is 97.9 cm³/mol. The van der Waals surface area contributed by atoms with Crippen LogP contribution < -0.4 is 10.1 Å². The zero-order valence-corrected chi connectivity index (χ0v) is 14.2. The van der Waals surface area contributed by atoms with E-state index >= 15 is 0 Å². The zero-order chi connectivity index (χ0) is 17.6. The number of aliphatic carboxylic acids is 1. The smallest absolute Gasteiger partial charge is 0.321 e. The van der Waals surface area contributed by atoms with E-state index < -0.39 is 12.0 Å². The number of hydrogen-bond acceptors (Lipinski definition) is 3. The molecule has 3 rings (SSSR count). The third-order valence-electron chi connectivity index (χ3n) is 4.18.